The summed E-state index contributed by atoms with van der Waals surface area (Å²) in [5.74, 6) is -2.37. The van der Waals surface area contributed by atoms with E-state index in [2.05, 4.69) is 149 Å². The lowest BCUT2D eigenvalue weighted by Gasteiger charge is -2.21. The molecule has 0 saturated heterocycles. The highest BCUT2D eigenvalue weighted by Gasteiger charge is 2.30. The molecule has 0 aliphatic rings. The van der Waals surface area contributed by atoms with Gasteiger partial charge in [-0.2, -0.15) is 0 Å². The zero-order valence-corrected chi connectivity index (χ0v) is 65.3. The molecule has 0 radical (unpaired) electrons. The molecule has 0 heterocycles. The van der Waals surface area contributed by atoms with Gasteiger partial charge in [0, 0.05) is 19.3 Å². The Morgan fingerprint density at radius 1 is 0.294 bits per heavy atom. The number of allylic oxidation sites excluding steroid dienone is 23. The lowest BCUT2D eigenvalue weighted by atomic mass is 10.1. The molecule has 0 saturated carbocycles. The number of aliphatic hydroxyl groups is 1. The van der Waals surface area contributed by atoms with Crippen molar-refractivity contribution in [3.8, 4) is 0 Å². The maximum absolute atomic E-state index is 13.1. The third-order valence-electron chi connectivity index (χ3n) is 15.8. The predicted molar refractivity (Wildman–Crippen MR) is 417 cm³/mol. The largest absolute Gasteiger partial charge is 0.472 e. The minimum Gasteiger partial charge on any atom is -0.462 e. The Balaban J connectivity index is 5.46. The van der Waals surface area contributed by atoms with Crippen molar-refractivity contribution >= 4 is 39.5 Å². The fourth-order valence-corrected chi connectivity index (χ4v) is 11.5. The number of unbranched alkanes of at least 4 members (excludes halogenated alkanes) is 23. The molecule has 102 heavy (non-hydrogen) atoms. The Morgan fingerprint density at radius 3 is 0.873 bits per heavy atom. The Kier molecular flexibility index (Phi) is 70.5. The fraction of sp³-hybridized carbons (Fsp3) is 0.663. The van der Waals surface area contributed by atoms with Crippen LogP contribution in [0.1, 0.15) is 297 Å². The number of ether oxygens (including phenoxy) is 4. The van der Waals surface area contributed by atoms with Crippen molar-refractivity contribution in [2.45, 2.75) is 316 Å². The van der Waals surface area contributed by atoms with Crippen LogP contribution in [-0.2, 0) is 65.4 Å². The number of phosphoric acid groups is 2. The van der Waals surface area contributed by atoms with Gasteiger partial charge >= 0.3 is 39.5 Å². The number of phosphoric ester groups is 2. The molecule has 0 aliphatic heterocycles. The van der Waals surface area contributed by atoms with Crippen molar-refractivity contribution < 1.29 is 80.2 Å². The first-order chi connectivity index (χ1) is 49.7. The van der Waals surface area contributed by atoms with E-state index in [0.29, 0.717) is 25.7 Å². The van der Waals surface area contributed by atoms with Crippen molar-refractivity contribution in [3.63, 3.8) is 0 Å². The quantitative estimate of drug-likeness (QED) is 0.0169. The lowest BCUT2D eigenvalue weighted by molar-refractivity contribution is -0.161. The first kappa shape index (κ1) is 96.9. The van der Waals surface area contributed by atoms with Crippen LogP contribution in [0.25, 0.3) is 0 Å². The Hall–Kier alpha value is -5.06. The summed E-state index contributed by atoms with van der Waals surface area (Å²) in [7, 11) is -10.00. The van der Waals surface area contributed by atoms with E-state index < -0.39 is 97.5 Å². The van der Waals surface area contributed by atoms with Gasteiger partial charge in [0.1, 0.15) is 19.3 Å². The van der Waals surface area contributed by atoms with Crippen LogP contribution in [0.3, 0.4) is 0 Å². The molecule has 582 valence electrons. The van der Waals surface area contributed by atoms with Gasteiger partial charge in [0.25, 0.3) is 0 Å². The maximum Gasteiger partial charge on any atom is 0.472 e. The molecule has 0 aromatic rings. The summed E-state index contributed by atoms with van der Waals surface area (Å²) in [5, 5.41) is 10.6. The lowest BCUT2D eigenvalue weighted by Crippen LogP contribution is -2.30. The van der Waals surface area contributed by atoms with E-state index in [1.165, 1.54) is 38.5 Å². The molecule has 0 aromatic carbocycles. The fourth-order valence-electron chi connectivity index (χ4n) is 9.90. The monoisotopic (exact) mass is 1470 g/mol. The summed E-state index contributed by atoms with van der Waals surface area (Å²) in [6, 6.07) is 0. The summed E-state index contributed by atoms with van der Waals surface area (Å²) in [6.07, 6.45) is 84.3. The number of aliphatic hydroxyl groups excluding tert-OH is 1. The van der Waals surface area contributed by atoms with Gasteiger partial charge in [0.2, 0.25) is 0 Å². The molecular weight excluding hydrogens is 1330 g/mol. The molecule has 19 heteroatoms. The second-order valence-corrected chi connectivity index (χ2v) is 28.5. The highest BCUT2D eigenvalue weighted by atomic mass is 31.2. The van der Waals surface area contributed by atoms with Gasteiger partial charge in [-0.25, -0.2) is 9.13 Å². The van der Waals surface area contributed by atoms with Crippen molar-refractivity contribution in [3.05, 3.63) is 146 Å². The van der Waals surface area contributed by atoms with Gasteiger partial charge in [-0.3, -0.25) is 37.3 Å². The minimum absolute atomic E-state index is 0.0554. The third kappa shape index (κ3) is 73.3. The number of hydrogen-bond donors (Lipinski definition) is 3. The summed E-state index contributed by atoms with van der Waals surface area (Å²) in [4.78, 5) is 72.9. The van der Waals surface area contributed by atoms with Crippen LogP contribution in [0.15, 0.2) is 146 Å². The summed E-state index contributed by atoms with van der Waals surface area (Å²) >= 11 is 0. The number of carbonyl (C=O) groups is 4. The first-order valence-corrected chi connectivity index (χ1v) is 42.1. The Bertz CT molecular complexity index is 2510. The van der Waals surface area contributed by atoms with Gasteiger partial charge in [-0.1, -0.05) is 270 Å². The molecule has 5 unspecified atom stereocenters. The van der Waals surface area contributed by atoms with Crippen molar-refractivity contribution in [1.82, 2.24) is 0 Å². The second-order valence-electron chi connectivity index (χ2n) is 25.5. The zero-order chi connectivity index (χ0) is 74.6. The van der Waals surface area contributed by atoms with Gasteiger partial charge in [0.05, 0.1) is 32.8 Å². The average molecular weight is 1470 g/mol. The standard InChI is InChI=1S/C83H138O17P2/c1-5-9-13-17-21-25-29-33-37-38-42-44-48-52-56-60-64-68-81(86)94-74-79(100-83(88)70-66-62-58-54-50-46-41-36-32-28-24-20-16-12-8-4)76-98-102(91,92)96-72-77(84)71-95-101(89,90)97-75-78(99-82(87)69-65-61-57-53-49-45-40-35-31-27-23-19-15-11-7-3)73-93-80(85)67-63-59-55-51-47-43-39-34-30-26-22-18-14-10-6-2/h9-10,13-14,21-28,33-37,39-41,47,51,59,63,77-79,84H,5-8,11-12,15-20,29-32,38,42-46,48-50,52-58,60-62,64-76H2,1-4H3,(H,89,90)(H,91,92)/b13-9-,14-10-,25-21-,26-22-,27-23-,28-24-,37-33-,39-34-,40-35-,41-36-,51-47-,63-59-. The van der Waals surface area contributed by atoms with Crippen LogP contribution >= 0.6 is 15.6 Å². The van der Waals surface area contributed by atoms with Gasteiger partial charge in [-0.05, 0) is 148 Å². The highest BCUT2D eigenvalue weighted by molar-refractivity contribution is 7.47. The van der Waals surface area contributed by atoms with Gasteiger partial charge in [-0.15, -0.1) is 0 Å². The maximum atomic E-state index is 13.1. The molecule has 5 atom stereocenters. The van der Waals surface area contributed by atoms with E-state index >= 15 is 0 Å². The second kappa shape index (κ2) is 74.2. The highest BCUT2D eigenvalue weighted by Crippen LogP contribution is 2.45. The van der Waals surface area contributed by atoms with E-state index in [1.54, 1.807) is 6.08 Å². The normalized spacial score (nSPS) is 14.7. The molecule has 0 aromatic heterocycles. The Morgan fingerprint density at radius 2 is 0.549 bits per heavy atom. The van der Waals surface area contributed by atoms with Gasteiger partial charge < -0.3 is 33.8 Å². The van der Waals surface area contributed by atoms with Crippen LogP contribution in [0.5, 0.6) is 0 Å². The van der Waals surface area contributed by atoms with Crippen molar-refractivity contribution in [2.24, 2.45) is 0 Å². The van der Waals surface area contributed by atoms with Crippen molar-refractivity contribution in [1.29, 1.82) is 0 Å². The molecule has 0 rings (SSSR count). The summed E-state index contributed by atoms with van der Waals surface area (Å²) in [5.41, 5.74) is 0. The number of hydrogen-bond acceptors (Lipinski definition) is 15. The molecule has 0 amide bonds. The molecule has 0 fully saturated rings. The molecule has 0 bridgehead atoms. The average Bonchev–Trinajstić information content (AvgIpc) is 0.926. The zero-order valence-electron chi connectivity index (χ0n) is 63.5. The molecule has 17 nitrogen and oxygen atoms in total. The van der Waals surface area contributed by atoms with E-state index in [1.807, 2.05) is 18.2 Å². The van der Waals surface area contributed by atoms with E-state index in [4.69, 9.17) is 37.0 Å². The van der Waals surface area contributed by atoms with E-state index in [9.17, 15) is 43.2 Å². The van der Waals surface area contributed by atoms with Gasteiger partial charge in [0.15, 0.2) is 12.2 Å². The third-order valence-corrected chi connectivity index (χ3v) is 17.7. The Labute approximate surface area is 617 Å². The van der Waals surface area contributed by atoms with Crippen molar-refractivity contribution in [2.75, 3.05) is 39.6 Å². The van der Waals surface area contributed by atoms with Crippen LogP contribution in [0.2, 0.25) is 0 Å². The molecule has 0 aliphatic carbocycles. The topological polar surface area (TPSA) is 237 Å². The minimum atomic E-state index is -5.00. The molecule has 0 spiro atoms. The number of esters is 4. The summed E-state index contributed by atoms with van der Waals surface area (Å²) in [6.45, 7) is 4.44. The van der Waals surface area contributed by atoms with E-state index in [0.717, 1.165) is 180 Å². The van der Waals surface area contributed by atoms with Crippen LogP contribution in [0.4, 0.5) is 0 Å². The first-order valence-electron chi connectivity index (χ1n) is 39.1. The smallest absolute Gasteiger partial charge is 0.462 e. The predicted octanol–water partition coefficient (Wildman–Crippen LogP) is 22.7. The SMILES string of the molecule is CC/C=C\C/C=C\C/C=C\C/C=C\C/C=C\CC(=O)OCC(COP(=O)(O)OCC(O)COP(=O)(O)OCC(COC(=O)CCCCCCCCC/C=C\C/C=C\C/C=C\CC)OC(=O)CCCCCCC/C=C\C/C=C\CCCCC)OC(=O)CCCCCCC/C=C\C/C=C\CCCCC. The molecular formula is C83H138O17P2. The number of carbonyl (C=O) groups excluding carboxylic acids is 4. The van der Waals surface area contributed by atoms with Crippen LogP contribution < -0.4 is 0 Å². The molecule has 3 N–H and O–H groups in total. The van der Waals surface area contributed by atoms with E-state index in [-0.39, 0.29) is 25.7 Å². The van der Waals surface area contributed by atoms with Crippen LogP contribution in [-0.4, -0.2) is 96.7 Å². The summed E-state index contributed by atoms with van der Waals surface area (Å²) < 4.78 is 68.4. The number of rotatable bonds is 72. The van der Waals surface area contributed by atoms with Crippen LogP contribution in [0, 0.1) is 0 Å².